The summed E-state index contributed by atoms with van der Waals surface area (Å²) in [7, 11) is 1.83. The number of ether oxygens (including phenoxy) is 1. The fourth-order valence-electron chi connectivity index (χ4n) is 2.66. The molecule has 0 radical (unpaired) electrons. The van der Waals surface area contributed by atoms with E-state index in [9.17, 15) is 4.79 Å². The molecule has 23 heavy (non-hydrogen) atoms. The van der Waals surface area contributed by atoms with Crippen LogP contribution in [-0.2, 0) is 4.79 Å². The summed E-state index contributed by atoms with van der Waals surface area (Å²) in [6.07, 6.45) is 0. The van der Waals surface area contributed by atoms with Gasteiger partial charge in [0.05, 0.1) is 0 Å². The summed E-state index contributed by atoms with van der Waals surface area (Å²) in [4.78, 5) is 14.3. The Kier molecular flexibility index (Phi) is 4.63. The molecule has 1 aliphatic rings. The molecule has 1 unspecified atom stereocenters. The van der Waals surface area contributed by atoms with Crippen LogP contribution in [0.25, 0.3) is 0 Å². The maximum Gasteiger partial charge on any atom is 0.229 e. The summed E-state index contributed by atoms with van der Waals surface area (Å²) in [5.41, 5.74) is 0.884. The van der Waals surface area contributed by atoms with E-state index in [1.807, 2.05) is 68.6 Å². The summed E-state index contributed by atoms with van der Waals surface area (Å²) < 4.78 is 5.77. The number of hydrogen-bond acceptors (Lipinski definition) is 3. The molecule has 4 nitrogen and oxygen atoms in total. The SMILES string of the molecule is CC(C(=O)N(C)c1ccc(Oc2ccccc2)cc1)C1CNC1. The minimum atomic E-state index is 0.0431. The molecule has 2 aromatic rings. The van der Waals surface area contributed by atoms with Crippen LogP contribution in [0, 0.1) is 11.8 Å². The van der Waals surface area contributed by atoms with Crippen molar-refractivity contribution in [1.82, 2.24) is 5.32 Å². The molecule has 0 spiro atoms. The van der Waals surface area contributed by atoms with Gasteiger partial charge in [0.1, 0.15) is 11.5 Å². The molecule has 0 aromatic heterocycles. The van der Waals surface area contributed by atoms with Crippen molar-refractivity contribution >= 4 is 11.6 Å². The molecule has 1 atom stereocenters. The number of rotatable bonds is 5. The van der Waals surface area contributed by atoms with Gasteiger partial charge in [-0.15, -0.1) is 0 Å². The van der Waals surface area contributed by atoms with E-state index in [0.29, 0.717) is 5.92 Å². The molecule has 2 aromatic carbocycles. The van der Waals surface area contributed by atoms with E-state index >= 15 is 0 Å². The van der Waals surface area contributed by atoms with Crippen LogP contribution in [0.15, 0.2) is 54.6 Å². The Balaban J connectivity index is 1.65. The number of amides is 1. The van der Waals surface area contributed by atoms with Crippen molar-refractivity contribution in [3.05, 3.63) is 54.6 Å². The number of para-hydroxylation sites is 1. The van der Waals surface area contributed by atoms with Crippen molar-refractivity contribution in [3.63, 3.8) is 0 Å². The molecule has 1 saturated heterocycles. The lowest BCUT2D eigenvalue weighted by atomic mass is 9.88. The molecule has 0 bridgehead atoms. The molecular weight excluding hydrogens is 288 g/mol. The van der Waals surface area contributed by atoms with E-state index < -0.39 is 0 Å². The number of carbonyl (C=O) groups excluding carboxylic acids is 1. The Hall–Kier alpha value is -2.33. The Morgan fingerprint density at radius 1 is 1.09 bits per heavy atom. The van der Waals surface area contributed by atoms with Crippen LogP contribution >= 0.6 is 0 Å². The summed E-state index contributed by atoms with van der Waals surface area (Å²) in [5, 5.41) is 3.22. The van der Waals surface area contributed by atoms with Gasteiger partial charge in [-0.25, -0.2) is 0 Å². The topological polar surface area (TPSA) is 41.6 Å². The highest BCUT2D eigenvalue weighted by Gasteiger charge is 2.30. The van der Waals surface area contributed by atoms with Gasteiger partial charge in [0.15, 0.2) is 0 Å². The van der Waals surface area contributed by atoms with Crippen LogP contribution < -0.4 is 15.0 Å². The van der Waals surface area contributed by atoms with Gasteiger partial charge in [0.25, 0.3) is 0 Å². The lowest BCUT2D eigenvalue weighted by Gasteiger charge is -2.34. The third kappa shape index (κ3) is 3.54. The van der Waals surface area contributed by atoms with Gasteiger partial charge < -0.3 is 15.0 Å². The standard InChI is InChI=1S/C19H22N2O2/c1-14(15-12-20-13-15)19(22)21(2)16-8-10-18(11-9-16)23-17-6-4-3-5-7-17/h3-11,14-15,20H,12-13H2,1-2H3. The van der Waals surface area contributed by atoms with Gasteiger partial charge >= 0.3 is 0 Å². The van der Waals surface area contributed by atoms with Gasteiger partial charge in [-0.05, 0) is 55.4 Å². The van der Waals surface area contributed by atoms with Crippen LogP contribution in [-0.4, -0.2) is 26.0 Å². The maximum absolute atomic E-state index is 12.5. The second-order valence-electron chi connectivity index (χ2n) is 6.01. The highest BCUT2D eigenvalue weighted by Crippen LogP contribution is 2.26. The molecule has 0 aliphatic carbocycles. The normalized spacial score (nSPS) is 15.6. The number of hydrogen-bond donors (Lipinski definition) is 1. The van der Waals surface area contributed by atoms with E-state index in [4.69, 9.17) is 4.74 Å². The molecular formula is C19H22N2O2. The molecule has 1 N–H and O–H groups in total. The van der Waals surface area contributed by atoms with E-state index in [-0.39, 0.29) is 11.8 Å². The highest BCUT2D eigenvalue weighted by atomic mass is 16.5. The lowest BCUT2D eigenvalue weighted by Crippen LogP contribution is -2.50. The first-order chi connectivity index (χ1) is 11.1. The monoisotopic (exact) mass is 310 g/mol. The van der Waals surface area contributed by atoms with Crippen LogP contribution in [0.2, 0.25) is 0 Å². The van der Waals surface area contributed by atoms with Gasteiger partial charge in [0, 0.05) is 18.7 Å². The summed E-state index contributed by atoms with van der Waals surface area (Å²) in [6, 6.07) is 17.3. The van der Waals surface area contributed by atoms with Crippen molar-refractivity contribution in [3.8, 4) is 11.5 Å². The van der Waals surface area contributed by atoms with Gasteiger partial charge in [0.2, 0.25) is 5.91 Å². The molecule has 1 aliphatic heterocycles. The Labute approximate surface area is 137 Å². The summed E-state index contributed by atoms with van der Waals surface area (Å²) in [6.45, 7) is 3.88. The molecule has 3 rings (SSSR count). The van der Waals surface area contributed by atoms with Crippen molar-refractivity contribution in [2.24, 2.45) is 11.8 Å². The largest absolute Gasteiger partial charge is 0.457 e. The molecule has 1 fully saturated rings. The van der Waals surface area contributed by atoms with E-state index in [0.717, 1.165) is 30.3 Å². The number of nitrogens with one attached hydrogen (secondary N) is 1. The molecule has 1 amide bonds. The third-order valence-corrected chi connectivity index (χ3v) is 4.44. The maximum atomic E-state index is 12.5. The van der Waals surface area contributed by atoms with Gasteiger partial charge in [-0.3, -0.25) is 4.79 Å². The quantitative estimate of drug-likeness (QED) is 0.921. The minimum absolute atomic E-state index is 0.0431. The number of benzene rings is 2. The van der Waals surface area contributed by atoms with E-state index in [1.54, 1.807) is 4.90 Å². The molecule has 0 saturated carbocycles. The Bertz CT molecular complexity index is 651. The minimum Gasteiger partial charge on any atom is -0.457 e. The Morgan fingerprint density at radius 2 is 1.70 bits per heavy atom. The molecule has 4 heteroatoms. The van der Waals surface area contributed by atoms with Gasteiger partial charge in [-0.1, -0.05) is 25.1 Å². The predicted octanol–water partition coefficient (Wildman–Crippen LogP) is 3.30. The number of nitrogens with zero attached hydrogens (tertiary/aromatic N) is 1. The lowest BCUT2D eigenvalue weighted by molar-refractivity contribution is -0.123. The second-order valence-corrected chi connectivity index (χ2v) is 6.01. The van der Waals surface area contributed by atoms with E-state index in [1.165, 1.54) is 0 Å². The van der Waals surface area contributed by atoms with Crippen LogP contribution in [0.3, 0.4) is 0 Å². The predicted molar refractivity (Wildman–Crippen MR) is 91.9 cm³/mol. The zero-order valence-electron chi connectivity index (χ0n) is 13.5. The molecule has 1 heterocycles. The second kappa shape index (κ2) is 6.84. The Morgan fingerprint density at radius 3 is 2.26 bits per heavy atom. The van der Waals surface area contributed by atoms with Crippen molar-refractivity contribution in [2.45, 2.75) is 6.92 Å². The zero-order valence-corrected chi connectivity index (χ0v) is 13.5. The fraction of sp³-hybridized carbons (Fsp3) is 0.316. The number of carbonyl (C=O) groups is 1. The average molecular weight is 310 g/mol. The molecule has 120 valence electrons. The van der Waals surface area contributed by atoms with Crippen LogP contribution in [0.4, 0.5) is 5.69 Å². The third-order valence-electron chi connectivity index (χ3n) is 4.44. The van der Waals surface area contributed by atoms with Crippen LogP contribution in [0.5, 0.6) is 11.5 Å². The highest BCUT2D eigenvalue weighted by molar-refractivity contribution is 5.94. The zero-order chi connectivity index (χ0) is 16.2. The first kappa shape index (κ1) is 15.6. The van der Waals surface area contributed by atoms with Gasteiger partial charge in [-0.2, -0.15) is 0 Å². The fourth-order valence-corrected chi connectivity index (χ4v) is 2.66. The van der Waals surface area contributed by atoms with Crippen molar-refractivity contribution < 1.29 is 9.53 Å². The average Bonchev–Trinajstić information content (AvgIpc) is 2.53. The van der Waals surface area contributed by atoms with Crippen molar-refractivity contribution in [2.75, 3.05) is 25.0 Å². The van der Waals surface area contributed by atoms with Crippen molar-refractivity contribution in [1.29, 1.82) is 0 Å². The summed E-state index contributed by atoms with van der Waals surface area (Å²) >= 11 is 0. The number of anilines is 1. The summed E-state index contributed by atoms with van der Waals surface area (Å²) in [5.74, 6) is 2.22. The first-order valence-electron chi connectivity index (χ1n) is 7.96. The van der Waals surface area contributed by atoms with Crippen LogP contribution in [0.1, 0.15) is 6.92 Å². The first-order valence-corrected chi connectivity index (χ1v) is 7.96. The van der Waals surface area contributed by atoms with E-state index in [2.05, 4.69) is 5.32 Å². The smallest absolute Gasteiger partial charge is 0.229 e.